The molecule has 6 nitrogen and oxygen atoms in total. The number of nitrogens with two attached hydrogens (primary N) is 1. The number of hydrogen-bond donors (Lipinski definition) is 2. The minimum atomic E-state index is -0.446. The number of nitrogens with zero attached hydrogens (tertiary/aromatic N) is 1. The van der Waals surface area contributed by atoms with Crippen LogP contribution in [0.25, 0.3) is 0 Å². The van der Waals surface area contributed by atoms with Gasteiger partial charge in [-0.3, -0.25) is 4.90 Å². The normalized spacial score (nSPS) is 20.5. The number of ether oxygens (including phenoxy) is 2. The molecule has 0 radical (unpaired) electrons. The first kappa shape index (κ1) is 16.2. The number of rotatable bonds is 6. The third kappa shape index (κ3) is 7.34. The molecule has 0 spiro atoms. The lowest BCUT2D eigenvalue weighted by Gasteiger charge is -2.22. The van der Waals surface area contributed by atoms with Crippen LogP contribution in [0.5, 0.6) is 0 Å². The van der Waals surface area contributed by atoms with Gasteiger partial charge in [0.15, 0.2) is 0 Å². The third-order valence-electron chi connectivity index (χ3n) is 2.81. The maximum Gasteiger partial charge on any atom is 0.407 e. The van der Waals surface area contributed by atoms with Crippen molar-refractivity contribution in [3.63, 3.8) is 0 Å². The second kappa shape index (κ2) is 7.67. The van der Waals surface area contributed by atoms with Crippen LogP contribution in [0.3, 0.4) is 0 Å². The molecule has 1 amide bonds. The molecule has 1 aliphatic heterocycles. The lowest BCUT2D eigenvalue weighted by molar-refractivity contribution is 0.0504. The van der Waals surface area contributed by atoms with Crippen molar-refractivity contribution in [2.45, 2.75) is 38.8 Å². The first-order valence-corrected chi connectivity index (χ1v) is 6.90. The Balaban J connectivity index is 2.16. The Morgan fingerprint density at radius 3 is 2.79 bits per heavy atom. The summed E-state index contributed by atoms with van der Waals surface area (Å²) in [4.78, 5) is 13.9. The zero-order valence-corrected chi connectivity index (χ0v) is 12.3. The van der Waals surface area contributed by atoms with E-state index in [1.54, 1.807) is 0 Å². The second-order valence-electron chi connectivity index (χ2n) is 5.83. The van der Waals surface area contributed by atoms with Crippen LogP contribution in [0, 0.1) is 0 Å². The van der Waals surface area contributed by atoms with Crippen LogP contribution in [0.15, 0.2) is 0 Å². The molecule has 1 rings (SSSR count). The van der Waals surface area contributed by atoms with E-state index in [0.717, 1.165) is 26.1 Å². The third-order valence-corrected chi connectivity index (χ3v) is 2.81. The summed E-state index contributed by atoms with van der Waals surface area (Å²) in [5, 5.41) is 2.90. The van der Waals surface area contributed by atoms with Gasteiger partial charge in [-0.1, -0.05) is 0 Å². The molecule has 19 heavy (non-hydrogen) atoms. The molecule has 0 aromatic rings. The molecule has 0 bridgehead atoms. The molecule has 0 aliphatic carbocycles. The molecule has 1 aliphatic rings. The van der Waals surface area contributed by atoms with E-state index in [1.807, 2.05) is 20.8 Å². The number of alkyl carbamates (subject to hydrolysis) is 1. The highest BCUT2D eigenvalue weighted by Crippen LogP contribution is 2.11. The first-order valence-electron chi connectivity index (χ1n) is 6.90. The van der Waals surface area contributed by atoms with Gasteiger partial charge in [0, 0.05) is 32.2 Å². The maximum absolute atomic E-state index is 11.6. The lowest BCUT2D eigenvalue weighted by Crippen LogP contribution is -2.40. The first-order chi connectivity index (χ1) is 8.90. The van der Waals surface area contributed by atoms with Gasteiger partial charge in [0.2, 0.25) is 0 Å². The average Bonchev–Trinajstić information content (AvgIpc) is 2.69. The molecule has 0 unspecified atom stereocenters. The van der Waals surface area contributed by atoms with Crippen molar-refractivity contribution in [3.8, 4) is 0 Å². The number of likely N-dealkylation sites (tertiary alicyclic amines) is 1. The summed E-state index contributed by atoms with van der Waals surface area (Å²) in [6.45, 7) is 10.2. The highest BCUT2D eigenvalue weighted by atomic mass is 16.6. The van der Waals surface area contributed by atoms with Gasteiger partial charge in [-0.2, -0.15) is 0 Å². The van der Waals surface area contributed by atoms with E-state index in [-0.39, 0.29) is 12.1 Å². The summed E-state index contributed by atoms with van der Waals surface area (Å²) >= 11 is 0. The molecule has 1 fully saturated rings. The minimum Gasteiger partial charge on any atom is -0.444 e. The molecule has 0 aromatic heterocycles. The summed E-state index contributed by atoms with van der Waals surface area (Å²) in [6, 6.07) is 0.171. The Labute approximate surface area is 115 Å². The molecule has 3 N–H and O–H groups in total. The van der Waals surface area contributed by atoms with E-state index < -0.39 is 5.60 Å². The number of carbonyl (C=O) groups excluding carboxylic acids is 1. The van der Waals surface area contributed by atoms with Crippen molar-refractivity contribution in [2.75, 3.05) is 39.4 Å². The van der Waals surface area contributed by atoms with Gasteiger partial charge in [0.25, 0.3) is 0 Å². The monoisotopic (exact) mass is 273 g/mol. The molecule has 1 heterocycles. The van der Waals surface area contributed by atoms with Gasteiger partial charge < -0.3 is 20.5 Å². The van der Waals surface area contributed by atoms with Crippen LogP contribution >= 0.6 is 0 Å². The van der Waals surface area contributed by atoms with Crippen LogP contribution in [-0.2, 0) is 9.47 Å². The fourth-order valence-corrected chi connectivity index (χ4v) is 2.01. The molecule has 6 heteroatoms. The van der Waals surface area contributed by atoms with Crippen LogP contribution in [-0.4, -0.2) is 62.0 Å². The van der Waals surface area contributed by atoms with Crippen LogP contribution in [0.1, 0.15) is 27.2 Å². The van der Waals surface area contributed by atoms with E-state index in [0.29, 0.717) is 19.8 Å². The van der Waals surface area contributed by atoms with E-state index in [1.165, 1.54) is 0 Å². The Hall–Kier alpha value is -0.850. The zero-order chi connectivity index (χ0) is 14.3. The van der Waals surface area contributed by atoms with Crippen molar-refractivity contribution in [3.05, 3.63) is 0 Å². The number of nitrogens with one attached hydrogen (secondary N) is 1. The van der Waals surface area contributed by atoms with Gasteiger partial charge in [-0.25, -0.2) is 4.79 Å². The van der Waals surface area contributed by atoms with Crippen molar-refractivity contribution in [2.24, 2.45) is 5.73 Å². The Bertz CT molecular complexity index is 279. The molecule has 0 saturated carbocycles. The van der Waals surface area contributed by atoms with Crippen molar-refractivity contribution < 1.29 is 14.3 Å². The highest BCUT2D eigenvalue weighted by Gasteiger charge is 2.25. The topological polar surface area (TPSA) is 76.8 Å². The quantitative estimate of drug-likeness (QED) is 0.692. The van der Waals surface area contributed by atoms with E-state index in [9.17, 15) is 4.79 Å². The number of amides is 1. The largest absolute Gasteiger partial charge is 0.444 e. The summed E-state index contributed by atoms with van der Waals surface area (Å²) in [6.07, 6.45) is 0.620. The fourth-order valence-electron chi connectivity index (χ4n) is 2.01. The van der Waals surface area contributed by atoms with Crippen molar-refractivity contribution in [1.82, 2.24) is 10.2 Å². The van der Waals surface area contributed by atoms with E-state index in [2.05, 4.69) is 10.2 Å². The molecular weight excluding hydrogens is 246 g/mol. The lowest BCUT2D eigenvalue weighted by atomic mass is 10.2. The van der Waals surface area contributed by atoms with Crippen LogP contribution < -0.4 is 11.1 Å². The van der Waals surface area contributed by atoms with Gasteiger partial charge in [-0.15, -0.1) is 0 Å². The zero-order valence-electron chi connectivity index (χ0n) is 12.3. The maximum atomic E-state index is 11.6. The molecule has 1 saturated heterocycles. The molecule has 0 aromatic carbocycles. The second-order valence-corrected chi connectivity index (χ2v) is 5.83. The Morgan fingerprint density at radius 1 is 1.42 bits per heavy atom. The Morgan fingerprint density at radius 2 is 2.16 bits per heavy atom. The van der Waals surface area contributed by atoms with Gasteiger partial charge in [0.1, 0.15) is 5.60 Å². The number of hydrogen-bond acceptors (Lipinski definition) is 5. The predicted molar refractivity (Wildman–Crippen MR) is 74.1 cm³/mol. The molecule has 112 valence electrons. The minimum absolute atomic E-state index is 0.171. The predicted octanol–water partition coefficient (Wildman–Crippen LogP) is 0.561. The van der Waals surface area contributed by atoms with Crippen molar-refractivity contribution in [1.29, 1.82) is 0 Å². The van der Waals surface area contributed by atoms with Crippen LogP contribution in [0.4, 0.5) is 4.79 Å². The van der Waals surface area contributed by atoms with Gasteiger partial charge in [-0.05, 0) is 27.2 Å². The highest BCUT2D eigenvalue weighted by molar-refractivity contribution is 5.68. The van der Waals surface area contributed by atoms with Gasteiger partial charge in [0.05, 0.1) is 13.2 Å². The average molecular weight is 273 g/mol. The molecular formula is C13H27N3O3. The van der Waals surface area contributed by atoms with Gasteiger partial charge >= 0.3 is 6.09 Å². The van der Waals surface area contributed by atoms with E-state index in [4.69, 9.17) is 15.2 Å². The standard InChI is InChI=1S/C13H27N3O3/c1-13(2,3)19-12(17)15-11-4-6-16(10-11)7-9-18-8-5-14/h11H,4-10,14H2,1-3H3,(H,15,17)/t11-/m1/s1. The Kier molecular flexibility index (Phi) is 6.54. The summed E-state index contributed by atoms with van der Waals surface area (Å²) in [7, 11) is 0. The number of carbonyl (C=O) groups is 1. The van der Waals surface area contributed by atoms with E-state index >= 15 is 0 Å². The summed E-state index contributed by atoms with van der Waals surface area (Å²) in [5.74, 6) is 0. The van der Waals surface area contributed by atoms with Crippen LogP contribution in [0.2, 0.25) is 0 Å². The van der Waals surface area contributed by atoms with Crippen molar-refractivity contribution >= 4 is 6.09 Å². The molecule has 1 atom stereocenters. The SMILES string of the molecule is CC(C)(C)OC(=O)N[C@@H]1CCN(CCOCCN)C1. The fraction of sp³-hybridized carbons (Fsp3) is 0.923. The smallest absolute Gasteiger partial charge is 0.407 e. The summed E-state index contributed by atoms with van der Waals surface area (Å²) in [5.41, 5.74) is 4.90. The summed E-state index contributed by atoms with van der Waals surface area (Å²) < 4.78 is 10.6.